The molecule has 0 radical (unpaired) electrons. The molecule has 7 rings (SSSR count). The summed E-state index contributed by atoms with van der Waals surface area (Å²) >= 11 is 0. The van der Waals surface area contributed by atoms with Crippen molar-refractivity contribution in [3.8, 4) is 5.75 Å². The summed E-state index contributed by atoms with van der Waals surface area (Å²) in [6.07, 6.45) is 0. The zero-order valence-corrected chi connectivity index (χ0v) is 29.6. The number of carbonyl (C=O) groups is 3. The Morgan fingerprint density at radius 2 is 1.43 bits per heavy atom. The number of hydrogen-bond donors (Lipinski definition) is 1. The molecule has 0 bridgehead atoms. The maximum Gasteiger partial charge on any atom is 0.298 e. The predicted molar refractivity (Wildman–Crippen MR) is 189 cm³/mol. The first-order valence-electron chi connectivity index (χ1n) is 16.7. The average Bonchev–Trinajstić information content (AvgIpc) is 3.84. The highest BCUT2D eigenvalue weighted by molar-refractivity contribution is 5.97. The second-order valence-corrected chi connectivity index (χ2v) is 12.7. The number of carbonyl (C=O) groups excluding carboxylic acids is 3. The topological polar surface area (TPSA) is 167 Å². The van der Waals surface area contributed by atoms with Gasteiger partial charge in [-0.3, -0.25) is 28.3 Å². The number of aromatic nitrogens is 8. The molecule has 0 fully saturated rings. The molecule has 2 aromatic carbocycles. The van der Waals surface area contributed by atoms with Crippen LogP contribution >= 0.6 is 0 Å². The van der Waals surface area contributed by atoms with Gasteiger partial charge in [-0.2, -0.15) is 20.2 Å². The Balaban J connectivity index is 1.36. The van der Waals surface area contributed by atoms with Gasteiger partial charge in [0.1, 0.15) is 22.7 Å². The van der Waals surface area contributed by atoms with Gasteiger partial charge in [-0.05, 0) is 82.7 Å². The van der Waals surface area contributed by atoms with Gasteiger partial charge in [0.15, 0.2) is 5.75 Å². The predicted octanol–water partition coefficient (Wildman–Crippen LogP) is 3.27. The van der Waals surface area contributed by atoms with Crippen molar-refractivity contribution in [1.82, 2.24) is 37.8 Å². The lowest BCUT2D eigenvalue weighted by atomic mass is 10.1. The zero-order valence-electron chi connectivity index (χ0n) is 29.6. The third-order valence-corrected chi connectivity index (χ3v) is 9.25. The third kappa shape index (κ3) is 5.59. The van der Waals surface area contributed by atoms with Crippen LogP contribution in [0.4, 0.5) is 0 Å². The van der Waals surface area contributed by atoms with Crippen LogP contribution in [-0.2, 0) is 40.3 Å². The Labute approximate surface area is 292 Å². The van der Waals surface area contributed by atoms with Crippen molar-refractivity contribution < 1.29 is 19.1 Å². The lowest BCUT2D eigenvalue weighted by Gasteiger charge is -2.21. The van der Waals surface area contributed by atoms with E-state index < -0.39 is 11.8 Å². The van der Waals surface area contributed by atoms with E-state index >= 15 is 0 Å². The Morgan fingerprint density at radius 1 is 0.824 bits per heavy atom. The highest BCUT2D eigenvalue weighted by atomic mass is 16.5. The fourth-order valence-corrected chi connectivity index (χ4v) is 6.74. The molecule has 0 atom stereocenters. The molecular weight excluding hydrogens is 650 g/mol. The molecule has 0 spiro atoms. The Morgan fingerprint density at radius 3 is 2.04 bits per heavy atom. The van der Waals surface area contributed by atoms with E-state index in [4.69, 9.17) is 10.5 Å². The van der Waals surface area contributed by atoms with Gasteiger partial charge in [-0.25, -0.2) is 0 Å². The van der Waals surface area contributed by atoms with Crippen molar-refractivity contribution in [3.05, 3.63) is 99.4 Å². The lowest BCUT2D eigenvalue weighted by Crippen LogP contribution is -2.30. The molecule has 15 nitrogen and oxygen atoms in total. The number of nitrogens with zero attached hydrogens (tertiary/aromatic N) is 10. The van der Waals surface area contributed by atoms with Gasteiger partial charge < -0.3 is 24.2 Å². The number of para-hydroxylation sites is 1. The van der Waals surface area contributed by atoms with Crippen molar-refractivity contribution in [1.29, 1.82) is 0 Å². The first-order chi connectivity index (χ1) is 24.4. The monoisotopic (exact) mass is 689 g/mol. The molecule has 5 heterocycles. The van der Waals surface area contributed by atoms with E-state index in [1.54, 1.807) is 51.3 Å². The molecule has 15 heteroatoms. The maximum absolute atomic E-state index is 13.7. The summed E-state index contributed by atoms with van der Waals surface area (Å²) < 4.78 is 17.4. The van der Waals surface area contributed by atoms with Crippen molar-refractivity contribution in [2.75, 3.05) is 0 Å². The number of allylic oxidation sites excluding steroid dienone is 2. The van der Waals surface area contributed by atoms with E-state index in [-0.39, 0.29) is 5.91 Å². The van der Waals surface area contributed by atoms with Crippen molar-refractivity contribution in [2.24, 2.45) is 29.8 Å². The number of hydrogen-bond acceptors (Lipinski definition) is 6. The van der Waals surface area contributed by atoms with Crippen LogP contribution in [0.25, 0.3) is 22.1 Å². The standard InChI is InChI=1S/C36H39N11O4/c1-8-46-27(15-21(4)40-46)33(49)38-35-43(7)26-17-23(32(37)48)13-14-24(26)44(35)18-20(3)30-19-45-31-25(11-10-12-29(31)51-30)42(6)36(45)39-34(50)28-16-22(5)41-47(28)9-2/h10-17H,8-9,18-19H2,1-7H3,(H2,37,48)/b30-20-,38-35?,39-36?. The summed E-state index contributed by atoms with van der Waals surface area (Å²) in [5.74, 6) is -0.115. The van der Waals surface area contributed by atoms with Crippen LogP contribution in [0.2, 0.25) is 0 Å². The number of amides is 3. The molecule has 6 aromatic rings. The van der Waals surface area contributed by atoms with Gasteiger partial charge >= 0.3 is 0 Å². The van der Waals surface area contributed by atoms with Crippen LogP contribution in [0.3, 0.4) is 0 Å². The zero-order chi connectivity index (χ0) is 36.3. The minimum atomic E-state index is -0.561. The number of rotatable bonds is 7. The minimum absolute atomic E-state index is 0.292. The van der Waals surface area contributed by atoms with Crippen LogP contribution in [-0.4, -0.2) is 55.6 Å². The second-order valence-electron chi connectivity index (χ2n) is 12.7. The summed E-state index contributed by atoms with van der Waals surface area (Å²) in [6, 6.07) is 14.4. The van der Waals surface area contributed by atoms with E-state index in [1.807, 2.05) is 73.6 Å². The van der Waals surface area contributed by atoms with Crippen molar-refractivity contribution >= 4 is 39.8 Å². The molecular formula is C36H39N11O4. The summed E-state index contributed by atoms with van der Waals surface area (Å²) in [6.45, 7) is 11.1. The molecule has 4 aromatic heterocycles. The van der Waals surface area contributed by atoms with Gasteiger partial charge in [0.2, 0.25) is 17.1 Å². The lowest BCUT2D eigenvalue weighted by molar-refractivity contribution is 0.0977. The second kappa shape index (κ2) is 12.6. The van der Waals surface area contributed by atoms with Crippen LogP contribution in [0.5, 0.6) is 5.75 Å². The molecule has 262 valence electrons. The third-order valence-electron chi connectivity index (χ3n) is 9.25. The number of ether oxygens (including phenoxy) is 1. The SMILES string of the molecule is CCn1nc(C)cc1C(=O)N=c1n(C)c2cc(C(N)=O)ccc2n1C/C(C)=C1/Cn2c(=NC(=O)c3cc(C)nn3CC)n(C)c3cccc(c32)O1. The fourth-order valence-electron chi connectivity index (χ4n) is 6.74. The number of benzene rings is 2. The minimum Gasteiger partial charge on any atom is -0.458 e. The molecule has 51 heavy (non-hydrogen) atoms. The molecule has 0 saturated carbocycles. The summed E-state index contributed by atoms with van der Waals surface area (Å²) in [5.41, 5.74) is 13.0. The number of nitrogens with two attached hydrogens (primary N) is 1. The molecule has 0 saturated heterocycles. The summed E-state index contributed by atoms with van der Waals surface area (Å²) in [5, 5.41) is 8.84. The Hall–Kier alpha value is -6.25. The number of primary amides is 1. The van der Waals surface area contributed by atoms with E-state index in [1.165, 1.54) is 0 Å². The quantitative estimate of drug-likeness (QED) is 0.270. The van der Waals surface area contributed by atoms with E-state index in [9.17, 15) is 14.4 Å². The maximum atomic E-state index is 13.7. The molecule has 2 N–H and O–H groups in total. The summed E-state index contributed by atoms with van der Waals surface area (Å²) in [7, 11) is 3.67. The average molecular weight is 690 g/mol. The van der Waals surface area contributed by atoms with Crippen LogP contribution in [0.1, 0.15) is 63.5 Å². The van der Waals surface area contributed by atoms with Crippen LogP contribution < -0.4 is 21.7 Å². The van der Waals surface area contributed by atoms with Gasteiger partial charge in [0.25, 0.3) is 11.8 Å². The largest absolute Gasteiger partial charge is 0.458 e. The van der Waals surface area contributed by atoms with E-state index in [2.05, 4.69) is 20.2 Å². The van der Waals surface area contributed by atoms with Gasteiger partial charge in [-0.15, -0.1) is 0 Å². The smallest absolute Gasteiger partial charge is 0.298 e. The highest BCUT2D eigenvalue weighted by Crippen LogP contribution is 2.32. The van der Waals surface area contributed by atoms with Gasteiger partial charge in [0, 0.05) is 32.7 Å². The highest BCUT2D eigenvalue weighted by Gasteiger charge is 2.25. The first-order valence-corrected chi connectivity index (χ1v) is 16.7. The number of fused-ring (bicyclic) bond motifs is 1. The van der Waals surface area contributed by atoms with Crippen molar-refractivity contribution in [2.45, 2.75) is 60.8 Å². The van der Waals surface area contributed by atoms with Crippen LogP contribution in [0.15, 0.2) is 69.8 Å². The van der Waals surface area contributed by atoms with E-state index in [0.717, 1.165) is 27.8 Å². The summed E-state index contributed by atoms with van der Waals surface area (Å²) in [4.78, 5) is 48.5. The van der Waals surface area contributed by atoms with Gasteiger partial charge in [0.05, 0.1) is 41.0 Å². The number of imidazole rings is 2. The number of aryl methyl sites for hydroxylation is 6. The fraction of sp³-hybridized carbons (Fsp3) is 0.306. The molecule has 3 amide bonds. The molecule has 1 aliphatic rings. The molecule has 0 unspecified atom stereocenters. The van der Waals surface area contributed by atoms with E-state index in [0.29, 0.717) is 77.1 Å². The molecule has 0 aliphatic carbocycles. The Kier molecular flexibility index (Phi) is 8.20. The molecule has 1 aliphatic heterocycles. The Bertz CT molecular complexity index is 2620. The first kappa shape index (κ1) is 33.3. The van der Waals surface area contributed by atoms with Crippen molar-refractivity contribution in [3.63, 3.8) is 0 Å². The van der Waals surface area contributed by atoms with Gasteiger partial charge in [-0.1, -0.05) is 6.07 Å². The van der Waals surface area contributed by atoms with Crippen LogP contribution in [0, 0.1) is 13.8 Å². The normalized spacial score (nSPS) is 14.5.